The Kier molecular flexibility index (Phi) is 4.20. The average Bonchev–Trinajstić information content (AvgIpc) is 1.82. The predicted molar refractivity (Wildman–Crippen MR) is 50.2 cm³/mol. The Bertz CT molecular complexity index is 172. The van der Waals surface area contributed by atoms with Crippen molar-refractivity contribution in [1.82, 2.24) is 5.06 Å². The molecule has 0 heterocycles. The summed E-state index contributed by atoms with van der Waals surface area (Å²) >= 11 is 0. The minimum atomic E-state index is -0.483. The second kappa shape index (κ2) is 4.46. The van der Waals surface area contributed by atoms with Crippen molar-refractivity contribution in [2.45, 2.75) is 46.3 Å². The van der Waals surface area contributed by atoms with Crippen LogP contribution in [0.25, 0.3) is 0 Å². The molecule has 0 rings (SSSR count). The lowest BCUT2D eigenvalue weighted by atomic mass is 10.2. The molecule has 0 aliphatic carbocycles. The molecule has 78 valence electrons. The molecule has 0 fully saturated rings. The number of hydrogen-bond donors (Lipinski definition) is 0. The van der Waals surface area contributed by atoms with Crippen molar-refractivity contribution in [3.63, 3.8) is 0 Å². The first-order chi connectivity index (χ1) is 5.78. The highest BCUT2D eigenvalue weighted by Gasteiger charge is 2.23. The summed E-state index contributed by atoms with van der Waals surface area (Å²) in [6.07, 6.45) is -0.454. The first-order valence-corrected chi connectivity index (χ1v) is 4.34. The van der Waals surface area contributed by atoms with Crippen molar-refractivity contribution in [2.24, 2.45) is 0 Å². The quantitative estimate of drug-likeness (QED) is 0.625. The van der Waals surface area contributed by atoms with Crippen LogP contribution in [0.3, 0.4) is 0 Å². The molecule has 0 bridgehead atoms. The number of nitrogens with zero attached hydrogens (tertiary/aromatic N) is 1. The van der Waals surface area contributed by atoms with Gasteiger partial charge in [-0.25, -0.2) is 4.79 Å². The number of amides is 1. The molecule has 0 aromatic heterocycles. The number of hydroxylamine groups is 2. The molecule has 0 radical (unpaired) electrons. The zero-order chi connectivity index (χ0) is 10.6. The highest BCUT2D eigenvalue weighted by atomic mass is 16.7. The van der Waals surface area contributed by atoms with Gasteiger partial charge in [-0.1, -0.05) is 0 Å². The molecule has 0 atom stereocenters. The minimum absolute atomic E-state index is 0.0279. The molecule has 0 aliphatic heterocycles. The normalized spacial score (nSPS) is 11.6. The highest BCUT2D eigenvalue weighted by molar-refractivity contribution is 5.67. The Hall–Kier alpha value is -0.770. The lowest BCUT2D eigenvalue weighted by molar-refractivity contribution is -0.141. The van der Waals surface area contributed by atoms with E-state index in [1.807, 2.05) is 34.6 Å². The van der Waals surface area contributed by atoms with Gasteiger partial charge in [-0.05, 0) is 34.6 Å². The van der Waals surface area contributed by atoms with Crippen LogP contribution in [-0.4, -0.2) is 29.9 Å². The van der Waals surface area contributed by atoms with Gasteiger partial charge in [0.15, 0.2) is 0 Å². The van der Waals surface area contributed by atoms with Crippen molar-refractivity contribution in [1.29, 1.82) is 0 Å². The molecule has 0 aromatic rings. The van der Waals surface area contributed by atoms with Gasteiger partial charge in [0.1, 0.15) is 5.60 Å². The first kappa shape index (κ1) is 12.2. The Balaban J connectivity index is 4.23. The van der Waals surface area contributed by atoms with Gasteiger partial charge < -0.3 is 4.74 Å². The topological polar surface area (TPSA) is 38.8 Å². The van der Waals surface area contributed by atoms with Crippen molar-refractivity contribution in [2.75, 3.05) is 7.11 Å². The Morgan fingerprint density at radius 3 is 2.00 bits per heavy atom. The fraction of sp³-hybridized carbons (Fsp3) is 0.889. The highest BCUT2D eigenvalue weighted by Crippen LogP contribution is 2.11. The largest absolute Gasteiger partial charge is 0.442 e. The maximum Gasteiger partial charge on any atom is 0.434 e. The van der Waals surface area contributed by atoms with Crippen LogP contribution in [0.15, 0.2) is 0 Å². The molecule has 0 aliphatic rings. The molecule has 13 heavy (non-hydrogen) atoms. The third kappa shape index (κ3) is 4.72. The smallest absolute Gasteiger partial charge is 0.434 e. The van der Waals surface area contributed by atoms with Gasteiger partial charge in [0.25, 0.3) is 0 Å². The maximum atomic E-state index is 11.4. The lowest BCUT2D eigenvalue weighted by Crippen LogP contribution is -2.40. The number of hydrogen-bond acceptors (Lipinski definition) is 3. The zero-order valence-corrected chi connectivity index (χ0v) is 9.25. The van der Waals surface area contributed by atoms with Crippen LogP contribution in [0.5, 0.6) is 0 Å². The number of ether oxygens (including phenoxy) is 1. The van der Waals surface area contributed by atoms with E-state index < -0.39 is 11.7 Å². The molecule has 0 aromatic carbocycles. The molecule has 0 N–H and O–H groups in total. The van der Waals surface area contributed by atoms with E-state index in [2.05, 4.69) is 0 Å². The number of carbonyl (C=O) groups is 1. The van der Waals surface area contributed by atoms with E-state index in [9.17, 15) is 4.79 Å². The molecular formula is C9H19NO3. The van der Waals surface area contributed by atoms with Crippen LogP contribution in [0, 0.1) is 0 Å². The van der Waals surface area contributed by atoms with Gasteiger partial charge in [-0.15, -0.1) is 0 Å². The number of carbonyl (C=O) groups excluding carboxylic acids is 1. The average molecular weight is 189 g/mol. The van der Waals surface area contributed by atoms with Gasteiger partial charge in [0, 0.05) is 0 Å². The van der Waals surface area contributed by atoms with Crippen LogP contribution < -0.4 is 0 Å². The minimum Gasteiger partial charge on any atom is -0.442 e. The summed E-state index contributed by atoms with van der Waals surface area (Å²) in [5, 5.41) is 1.20. The Morgan fingerprint density at radius 1 is 1.31 bits per heavy atom. The molecule has 4 heteroatoms. The van der Waals surface area contributed by atoms with Gasteiger partial charge in [0.2, 0.25) is 0 Å². The van der Waals surface area contributed by atoms with E-state index >= 15 is 0 Å². The fourth-order valence-electron chi connectivity index (χ4n) is 0.803. The summed E-state index contributed by atoms with van der Waals surface area (Å²) in [7, 11) is 1.45. The van der Waals surface area contributed by atoms with E-state index in [0.29, 0.717) is 0 Å². The van der Waals surface area contributed by atoms with E-state index in [-0.39, 0.29) is 6.04 Å². The van der Waals surface area contributed by atoms with E-state index in [4.69, 9.17) is 9.57 Å². The molecule has 0 saturated carbocycles. The SMILES string of the molecule is CON(C(=O)OC(C)(C)C)C(C)C. The standard InChI is InChI=1S/C9H19NO3/c1-7(2)10(12-6)8(11)13-9(3,4)5/h7H,1-6H3. The molecule has 0 saturated heterocycles. The summed E-state index contributed by atoms with van der Waals surface area (Å²) in [6, 6.07) is -0.0279. The summed E-state index contributed by atoms with van der Waals surface area (Å²) in [5.74, 6) is 0. The third-order valence-corrected chi connectivity index (χ3v) is 1.24. The Labute approximate surface area is 79.8 Å². The monoisotopic (exact) mass is 189 g/mol. The van der Waals surface area contributed by atoms with Crippen molar-refractivity contribution < 1.29 is 14.4 Å². The Morgan fingerprint density at radius 2 is 1.77 bits per heavy atom. The third-order valence-electron chi connectivity index (χ3n) is 1.24. The van der Waals surface area contributed by atoms with Crippen molar-refractivity contribution >= 4 is 6.09 Å². The maximum absolute atomic E-state index is 11.4. The second-order valence-electron chi connectivity index (χ2n) is 4.08. The van der Waals surface area contributed by atoms with Gasteiger partial charge in [-0.2, -0.15) is 5.06 Å². The van der Waals surface area contributed by atoms with Crippen LogP contribution in [0.2, 0.25) is 0 Å². The zero-order valence-electron chi connectivity index (χ0n) is 9.25. The second-order valence-corrected chi connectivity index (χ2v) is 4.08. The molecule has 1 amide bonds. The van der Waals surface area contributed by atoms with Crippen molar-refractivity contribution in [3.05, 3.63) is 0 Å². The molecule has 0 spiro atoms. The van der Waals surface area contributed by atoms with Gasteiger partial charge in [0.05, 0.1) is 13.2 Å². The summed E-state index contributed by atoms with van der Waals surface area (Å²) in [5.41, 5.74) is -0.483. The van der Waals surface area contributed by atoms with Crippen LogP contribution in [0.4, 0.5) is 4.79 Å². The summed E-state index contributed by atoms with van der Waals surface area (Å²) in [4.78, 5) is 16.3. The van der Waals surface area contributed by atoms with Crippen LogP contribution in [0.1, 0.15) is 34.6 Å². The predicted octanol–water partition coefficient (Wildman–Crippen LogP) is 2.19. The van der Waals surface area contributed by atoms with Gasteiger partial charge >= 0.3 is 6.09 Å². The van der Waals surface area contributed by atoms with E-state index in [1.54, 1.807) is 0 Å². The van der Waals surface area contributed by atoms with Crippen LogP contribution >= 0.6 is 0 Å². The van der Waals surface area contributed by atoms with E-state index in [1.165, 1.54) is 12.2 Å². The summed E-state index contributed by atoms with van der Waals surface area (Å²) in [6.45, 7) is 9.16. The van der Waals surface area contributed by atoms with E-state index in [0.717, 1.165) is 0 Å². The summed E-state index contributed by atoms with van der Waals surface area (Å²) < 4.78 is 5.11. The molecule has 4 nitrogen and oxygen atoms in total. The number of rotatable bonds is 2. The van der Waals surface area contributed by atoms with Crippen LogP contribution in [-0.2, 0) is 9.57 Å². The first-order valence-electron chi connectivity index (χ1n) is 4.34. The molecular weight excluding hydrogens is 170 g/mol. The van der Waals surface area contributed by atoms with Crippen molar-refractivity contribution in [3.8, 4) is 0 Å². The molecule has 0 unspecified atom stereocenters. The van der Waals surface area contributed by atoms with Gasteiger partial charge in [-0.3, -0.25) is 4.84 Å². The lowest BCUT2D eigenvalue weighted by Gasteiger charge is -2.27. The fourth-order valence-corrected chi connectivity index (χ4v) is 0.803.